The number of imidazole rings is 1. The second-order valence-electron chi connectivity index (χ2n) is 7.69. The van der Waals surface area contributed by atoms with Gasteiger partial charge in [0.1, 0.15) is 17.7 Å². The van der Waals surface area contributed by atoms with Crippen molar-refractivity contribution in [2.75, 3.05) is 20.3 Å². The third-order valence-corrected chi connectivity index (χ3v) is 5.31. The lowest BCUT2D eigenvalue weighted by Crippen LogP contribution is -2.37. The number of hydrogen-bond acceptors (Lipinski definition) is 5. The molecule has 0 saturated carbocycles. The molecule has 1 fully saturated rings. The van der Waals surface area contributed by atoms with E-state index in [0.29, 0.717) is 39.2 Å². The summed E-state index contributed by atoms with van der Waals surface area (Å²) in [6.07, 6.45) is 6.56. The summed E-state index contributed by atoms with van der Waals surface area (Å²) < 4.78 is 38.8. The number of methoxy groups -OCH3 is 1. The maximum Gasteiger partial charge on any atom is 0.187 e. The predicted octanol–water partition coefficient (Wildman–Crippen LogP) is 3.99. The molecule has 31 heavy (non-hydrogen) atoms. The summed E-state index contributed by atoms with van der Waals surface area (Å²) in [5.74, 6) is -0.209. The van der Waals surface area contributed by atoms with Crippen LogP contribution in [0.1, 0.15) is 17.5 Å². The van der Waals surface area contributed by atoms with Gasteiger partial charge in [-0.05, 0) is 41.8 Å². The summed E-state index contributed by atoms with van der Waals surface area (Å²) in [6.45, 7) is 1.89. The van der Waals surface area contributed by atoms with Crippen molar-refractivity contribution in [2.24, 2.45) is 0 Å². The minimum absolute atomic E-state index is 0.164. The van der Waals surface area contributed by atoms with Gasteiger partial charge < -0.3 is 23.5 Å². The van der Waals surface area contributed by atoms with Crippen molar-refractivity contribution in [1.29, 1.82) is 0 Å². The van der Waals surface area contributed by atoms with Gasteiger partial charge >= 0.3 is 0 Å². The van der Waals surface area contributed by atoms with Crippen LogP contribution >= 0.6 is 0 Å². The van der Waals surface area contributed by atoms with Crippen molar-refractivity contribution in [1.82, 2.24) is 9.55 Å². The molecular formula is C24H27FN2O4. The highest BCUT2D eigenvalue weighted by molar-refractivity contribution is 5.27. The van der Waals surface area contributed by atoms with Crippen molar-refractivity contribution in [3.8, 4) is 5.75 Å². The summed E-state index contributed by atoms with van der Waals surface area (Å²) in [5, 5.41) is 0. The molecule has 0 aliphatic carbocycles. The second kappa shape index (κ2) is 10.0. The van der Waals surface area contributed by atoms with Gasteiger partial charge in [-0.25, -0.2) is 9.37 Å². The summed E-state index contributed by atoms with van der Waals surface area (Å²) in [5.41, 5.74) is 2.08. The van der Waals surface area contributed by atoms with Gasteiger partial charge in [-0.3, -0.25) is 0 Å². The Kier molecular flexibility index (Phi) is 6.96. The molecule has 0 radical (unpaired) electrons. The molecule has 1 aliphatic heterocycles. The van der Waals surface area contributed by atoms with E-state index in [2.05, 4.69) is 4.98 Å². The zero-order chi connectivity index (χ0) is 21.5. The van der Waals surface area contributed by atoms with E-state index >= 15 is 0 Å². The van der Waals surface area contributed by atoms with E-state index in [1.54, 1.807) is 31.8 Å². The molecule has 164 valence electrons. The maximum atomic E-state index is 13.2. The summed E-state index contributed by atoms with van der Waals surface area (Å²) in [6, 6.07) is 14.3. The average molecular weight is 426 g/mol. The summed E-state index contributed by atoms with van der Waals surface area (Å²) in [7, 11) is 1.65. The van der Waals surface area contributed by atoms with Crippen molar-refractivity contribution in [3.63, 3.8) is 0 Å². The van der Waals surface area contributed by atoms with E-state index in [4.69, 9.17) is 18.9 Å². The van der Waals surface area contributed by atoms with Crippen LogP contribution < -0.4 is 4.74 Å². The number of halogens is 1. The molecule has 1 aliphatic rings. The number of aromatic nitrogens is 2. The minimum Gasteiger partial charge on any atom is -0.497 e. The zero-order valence-corrected chi connectivity index (χ0v) is 17.6. The van der Waals surface area contributed by atoms with Crippen LogP contribution in [0.2, 0.25) is 0 Å². The summed E-state index contributed by atoms with van der Waals surface area (Å²) >= 11 is 0. The third-order valence-electron chi connectivity index (χ3n) is 5.31. The zero-order valence-electron chi connectivity index (χ0n) is 17.6. The number of hydrogen-bond donors (Lipinski definition) is 0. The van der Waals surface area contributed by atoms with Gasteiger partial charge in [0.25, 0.3) is 0 Å². The Labute approximate surface area is 181 Å². The highest BCUT2D eigenvalue weighted by Gasteiger charge is 2.41. The smallest absolute Gasteiger partial charge is 0.187 e. The van der Waals surface area contributed by atoms with Crippen LogP contribution in [-0.4, -0.2) is 41.8 Å². The first kappa shape index (κ1) is 21.5. The van der Waals surface area contributed by atoms with E-state index in [-0.39, 0.29) is 11.9 Å². The van der Waals surface area contributed by atoms with Crippen LogP contribution in [0.5, 0.6) is 5.75 Å². The quantitative estimate of drug-likeness (QED) is 0.491. The van der Waals surface area contributed by atoms with Crippen molar-refractivity contribution >= 4 is 0 Å². The average Bonchev–Trinajstić information content (AvgIpc) is 3.44. The Balaban J connectivity index is 1.35. The van der Waals surface area contributed by atoms with Crippen LogP contribution in [-0.2, 0) is 33.8 Å². The Morgan fingerprint density at radius 3 is 2.84 bits per heavy atom. The molecule has 2 heterocycles. The van der Waals surface area contributed by atoms with Crippen LogP contribution in [0.25, 0.3) is 0 Å². The predicted molar refractivity (Wildman–Crippen MR) is 113 cm³/mol. The Hall–Kier alpha value is -2.74. The van der Waals surface area contributed by atoms with Gasteiger partial charge in [-0.1, -0.05) is 24.3 Å². The van der Waals surface area contributed by atoms with Gasteiger partial charge in [0.15, 0.2) is 5.79 Å². The normalized spacial score (nSPS) is 20.8. The summed E-state index contributed by atoms with van der Waals surface area (Å²) in [4.78, 5) is 4.11. The fraction of sp³-hybridized carbons (Fsp3) is 0.375. The van der Waals surface area contributed by atoms with Crippen molar-refractivity contribution < 1.29 is 23.3 Å². The second-order valence-corrected chi connectivity index (χ2v) is 7.69. The molecule has 1 saturated heterocycles. The van der Waals surface area contributed by atoms with E-state index in [1.165, 1.54) is 12.1 Å². The number of aryl methyl sites for hydroxylation is 1. The Morgan fingerprint density at radius 2 is 2.06 bits per heavy atom. The lowest BCUT2D eigenvalue weighted by atomic mass is 10.0. The van der Waals surface area contributed by atoms with Crippen LogP contribution in [0.15, 0.2) is 67.3 Å². The third kappa shape index (κ3) is 5.91. The largest absolute Gasteiger partial charge is 0.497 e. The Bertz CT molecular complexity index is 948. The number of nitrogens with zero attached hydrogens (tertiary/aromatic N) is 2. The molecular weight excluding hydrogens is 399 g/mol. The molecule has 0 N–H and O–H groups in total. The lowest BCUT2D eigenvalue weighted by Gasteiger charge is -2.28. The molecule has 0 bridgehead atoms. The molecule has 6 nitrogen and oxygen atoms in total. The van der Waals surface area contributed by atoms with Gasteiger partial charge in [-0.15, -0.1) is 0 Å². The first-order chi connectivity index (χ1) is 15.1. The number of rotatable bonds is 10. The van der Waals surface area contributed by atoms with Gasteiger partial charge in [0.05, 0.1) is 39.8 Å². The van der Waals surface area contributed by atoms with E-state index in [1.807, 2.05) is 35.0 Å². The van der Waals surface area contributed by atoms with E-state index in [9.17, 15) is 4.39 Å². The highest BCUT2D eigenvalue weighted by Crippen LogP contribution is 2.31. The Morgan fingerprint density at radius 1 is 1.19 bits per heavy atom. The van der Waals surface area contributed by atoms with Crippen LogP contribution in [0.3, 0.4) is 0 Å². The van der Waals surface area contributed by atoms with Crippen LogP contribution in [0.4, 0.5) is 4.39 Å². The molecule has 0 spiro atoms. The maximum absolute atomic E-state index is 13.2. The monoisotopic (exact) mass is 426 g/mol. The highest BCUT2D eigenvalue weighted by atomic mass is 19.1. The number of benzene rings is 2. The minimum atomic E-state index is -0.779. The standard InChI is InChI=1S/C24H27FN2O4/c1-28-22-4-2-3-20(13-22)14-29-15-23-16-30-24(31-23,17-27-12-11-26-18-27)10-9-19-5-7-21(25)8-6-19/h2-8,11-13,18,23H,9-10,14-17H2,1H3. The molecule has 3 aromatic rings. The molecule has 2 atom stereocenters. The molecule has 1 aromatic heterocycles. The molecule has 7 heteroatoms. The van der Waals surface area contributed by atoms with E-state index < -0.39 is 5.79 Å². The molecule has 0 amide bonds. The SMILES string of the molecule is COc1cccc(COCC2COC(CCc3ccc(F)cc3)(Cn3ccnc3)O2)c1. The van der Waals surface area contributed by atoms with Crippen molar-refractivity contribution in [3.05, 3.63) is 84.2 Å². The van der Waals surface area contributed by atoms with Gasteiger partial charge in [0.2, 0.25) is 0 Å². The lowest BCUT2D eigenvalue weighted by molar-refractivity contribution is -0.187. The topological polar surface area (TPSA) is 54.7 Å². The fourth-order valence-corrected chi connectivity index (χ4v) is 3.71. The molecule has 2 unspecified atom stereocenters. The first-order valence-electron chi connectivity index (χ1n) is 10.4. The van der Waals surface area contributed by atoms with Crippen molar-refractivity contribution in [2.45, 2.75) is 37.9 Å². The molecule has 4 rings (SSSR count). The van der Waals surface area contributed by atoms with Gasteiger partial charge in [-0.2, -0.15) is 0 Å². The van der Waals surface area contributed by atoms with Crippen LogP contribution in [0, 0.1) is 5.82 Å². The van der Waals surface area contributed by atoms with E-state index in [0.717, 1.165) is 16.9 Å². The number of ether oxygens (including phenoxy) is 4. The van der Waals surface area contributed by atoms with Gasteiger partial charge in [0, 0.05) is 18.8 Å². The fourth-order valence-electron chi connectivity index (χ4n) is 3.71. The molecule has 2 aromatic carbocycles. The first-order valence-corrected chi connectivity index (χ1v) is 10.4.